The third-order valence-corrected chi connectivity index (χ3v) is 2.12. The van der Waals surface area contributed by atoms with Crippen LogP contribution in [0.5, 0.6) is 0 Å². The van der Waals surface area contributed by atoms with Crippen molar-refractivity contribution >= 4 is 18.5 Å². The fourth-order valence-corrected chi connectivity index (χ4v) is 1.39. The van der Waals surface area contributed by atoms with Crippen molar-refractivity contribution in [3.05, 3.63) is 0 Å². The Morgan fingerprint density at radius 1 is 1.83 bits per heavy atom. The summed E-state index contributed by atoms with van der Waals surface area (Å²) in [6.45, 7) is -1.67. The van der Waals surface area contributed by atoms with Crippen molar-refractivity contribution in [2.75, 3.05) is 13.2 Å². The van der Waals surface area contributed by atoms with Crippen LogP contribution in [0.25, 0.3) is 0 Å². The van der Waals surface area contributed by atoms with Gasteiger partial charge in [0.2, 0.25) is 0 Å². The minimum Gasteiger partial charge on any atom is -0.780 e. The highest BCUT2D eigenvalue weighted by Gasteiger charge is 2.22. The molecule has 0 radical (unpaired) electrons. The van der Waals surface area contributed by atoms with Crippen molar-refractivity contribution in [2.24, 2.45) is 0 Å². The first kappa shape index (κ1) is 10.5. The van der Waals surface area contributed by atoms with Gasteiger partial charge in [0.15, 0.2) is 6.29 Å². The molecule has 0 aromatic heterocycles. The van der Waals surface area contributed by atoms with E-state index in [2.05, 4.69) is 16.3 Å². The van der Waals surface area contributed by atoms with Crippen molar-refractivity contribution < 1.29 is 23.8 Å². The first-order chi connectivity index (χ1) is 5.47. The van der Waals surface area contributed by atoms with Crippen LogP contribution in [0.3, 0.4) is 0 Å². The lowest BCUT2D eigenvalue weighted by atomic mass is 10.4. The molecule has 0 saturated carbocycles. The molecule has 3 atom stereocenters. The van der Waals surface area contributed by atoms with E-state index in [9.17, 15) is 4.89 Å². The van der Waals surface area contributed by atoms with E-state index in [4.69, 9.17) is 14.4 Å². The standard InChI is InChI=1S/C5H11O5PS/c1-4-8-2-5(10-4)3-9-11(6,7)12/h4-5H,2-3H2,1H3,(H2,6,7,12)/p-1/t4-,5-/m1/s1. The summed E-state index contributed by atoms with van der Waals surface area (Å²) in [7, 11) is 0. The fourth-order valence-electron chi connectivity index (χ4n) is 0.857. The molecule has 1 saturated heterocycles. The molecule has 1 rings (SSSR count). The summed E-state index contributed by atoms with van der Waals surface area (Å²) >= 11 is 4.14. The Balaban J connectivity index is 2.21. The average Bonchev–Trinajstić information content (AvgIpc) is 2.30. The lowest BCUT2D eigenvalue weighted by molar-refractivity contribution is -0.203. The van der Waals surface area contributed by atoms with Gasteiger partial charge in [0.05, 0.1) is 13.2 Å². The van der Waals surface area contributed by atoms with Crippen LogP contribution in [-0.4, -0.2) is 30.5 Å². The smallest absolute Gasteiger partial charge is 0.155 e. The maximum atomic E-state index is 10.5. The van der Waals surface area contributed by atoms with Gasteiger partial charge in [0.25, 0.3) is 0 Å². The highest BCUT2D eigenvalue weighted by molar-refractivity contribution is 8.06. The predicted molar refractivity (Wildman–Crippen MR) is 42.7 cm³/mol. The molecular weight excluding hydrogens is 203 g/mol. The second-order valence-electron chi connectivity index (χ2n) is 2.42. The molecule has 72 valence electrons. The van der Waals surface area contributed by atoms with Gasteiger partial charge in [0, 0.05) is 0 Å². The molecule has 0 aromatic rings. The van der Waals surface area contributed by atoms with Crippen LogP contribution in [0.4, 0.5) is 0 Å². The molecule has 0 amide bonds. The van der Waals surface area contributed by atoms with E-state index in [0.717, 1.165) is 0 Å². The normalized spacial score (nSPS) is 34.9. The monoisotopic (exact) mass is 213 g/mol. The third kappa shape index (κ3) is 3.91. The van der Waals surface area contributed by atoms with Gasteiger partial charge in [-0.1, -0.05) is 11.8 Å². The lowest BCUT2D eigenvalue weighted by Crippen LogP contribution is -2.19. The van der Waals surface area contributed by atoms with Crippen LogP contribution < -0.4 is 4.89 Å². The summed E-state index contributed by atoms with van der Waals surface area (Å²) in [5, 5.41) is 0. The van der Waals surface area contributed by atoms with Gasteiger partial charge in [0.1, 0.15) is 12.8 Å². The molecule has 12 heavy (non-hydrogen) atoms. The van der Waals surface area contributed by atoms with Crippen LogP contribution >= 0.6 is 6.72 Å². The highest BCUT2D eigenvalue weighted by Crippen LogP contribution is 2.31. The number of hydrogen-bond donors (Lipinski definition) is 1. The Morgan fingerprint density at radius 3 is 2.92 bits per heavy atom. The second-order valence-corrected chi connectivity index (χ2v) is 5.00. The fraction of sp³-hybridized carbons (Fsp3) is 1.00. The Labute approximate surface area is 75.5 Å². The zero-order valence-corrected chi connectivity index (χ0v) is 8.22. The largest absolute Gasteiger partial charge is 0.780 e. The number of rotatable bonds is 3. The van der Waals surface area contributed by atoms with Crippen LogP contribution in [0.2, 0.25) is 0 Å². The van der Waals surface area contributed by atoms with Gasteiger partial charge in [-0.25, -0.2) is 0 Å². The molecule has 1 unspecified atom stereocenters. The van der Waals surface area contributed by atoms with E-state index < -0.39 is 6.72 Å². The van der Waals surface area contributed by atoms with Gasteiger partial charge >= 0.3 is 0 Å². The van der Waals surface area contributed by atoms with Gasteiger partial charge in [-0.2, -0.15) is 0 Å². The Kier molecular flexibility index (Phi) is 3.60. The molecule has 7 heteroatoms. The van der Waals surface area contributed by atoms with Crippen LogP contribution in [0.1, 0.15) is 6.92 Å². The Morgan fingerprint density at radius 2 is 2.50 bits per heavy atom. The van der Waals surface area contributed by atoms with E-state index in [1.54, 1.807) is 6.92 Å². The summed E-state index contributed by atoms with van der Waals surface area (Å²) in [4.78, 5) is 19.1. The first-order valence-electron chi connectivity index (χ1n) is 3.43. The maximum Gasteiger partial charge on any atom is 0.155 e. The van der Waals surface area contributed by atoms with Gasteiger partial charge in [-0.15, -0.1) is 0 Å². The van der Waals surface area contributed by atoms with Crippen LogP contribution in [-0.2, 0) is 25.8 Å². The highest BCUT2D eigenvalue weighted by atomic mass is 32.5. The molecule has 1 aliphatic rings. The lowest BCUT2D eigenvalue weighted by Gasteiger charge is -2.21. The minimum absolute atomic E-state index is 0.00160. The number of hydrogen-bond acceptors (Lipinski definition) is 5. The Hall–Kier alpha value is 0.450. The Bertz CT molecular complexity index is 192. The molecule has 5 nitrogen and oxygen atoms in total. The van der Waals surface area contributed by atoms with Crippen molar-refractivity contribution in [1.82, 2.24) is 0 Å². The topological polar surface area (TPSA) is 71.0 Å². The molecule has 1 fully saturated rings. The van der Waals surface area contributed by atoms with Crippen molar-refractivity contribution in [3.8, 4) is 0 Å². The molecule has 0 aromatic carbocycles. The quantitative estimate of drug-likeness (QED) is 0.627. The summed E-state index contributed by atoms with van der Waals surface area (Å²) in [6.07, 6.45) is -0.565. The summed E-state index contributed by atoms with van der Waals surface area (Å²) in [6, 6.07) is 0. The maximum absolute atomic E-state index is 10.5. The summed E-state index contributed by atoms with van der Waals surface area (Å²) in [5.74, 6) is 0. The average molecular weight is 213 g/mol. The van der Waals surface area contributed by atoms with E-state index in [0.29, 0.717) is 6.61 Å². The minimum atomic E-state index is -3.79. The zero-order chi connectivity index (χ0) is 9.19. The van der Waals surface area contributed by atoms with Crippen LogP contribution in [0.15, 0.2) is 0 Å². The van der Waals surface area contributed by atoms with Gasteiger partial charge < -0.3 is 23.8 Å². The van der Waals surface area contributed by atoms with E-state index in [1.165, 1.54) is 0 Å². The van der Waals surface area contributed by atoms with E-state index >= 15 is 0 Å². The molecular formula is C5H10O5PS-. The molecule has 1 heterocycles. The van der Waals surface area contributed by atoms with Crippen LogP contribution in [0, 0.1) is 0 Å². The first-order valence-corrected chi connectivity index (χ1v) is 6.02. The molecule has 0 aliphatic carbocycles. The SMILES string of the molecule is C[C@@H]1OC[C@H](COP([O-])(O)=S)O1. The molecule has 0 spiro atoms. The third-order valence-electron chi connectivity index (χ3n) is 1.32. The molecule has 1 N–H and O–H groups in total. The molecule has 1 aliphatic heterocycles. The van der Waals surface area contributed by atoms with Crippen molar-refractivity contribution in [1.29, 1.82) is 0 Å². The van der Waals surface area contributed by atoms with E-state index in [-0.39, 0.29) is 19.0 Å². The van der Waals surface area contributed by atoms with Gasteiger partial charge in [-0.05, 0) is 6.92 Å². The summed E-state index contributed by atoms with van der Waals surface area (Å²) < 4.78 is 14.6. The summed E-state index contributed by atoms with van der Waals surface area (Å²) in [5.41, 5.74) is 0. The number of ether oxygens (including phenoxy) is 2. The zero-order valence-electron chi connectivity index (χ0n) is 6.50. The van der Waals surface area contributed by atoms with E-state index in [1.807, 2.05) is 0 Å². The van der Waals surface area contributed by atoms with Gasteiger partial charge in [-0.3, -0.25) is 0 Å². The van der Waals surface area contributed by atoms with Crippen molar-refractivity contribution in [3.63, 3.8) is 0 Å². The second kappa shape index (κ2) is 4.11. The molecule has 0 bridgehead atoms. The van der Waals surface area contributed by atoms with Crippen molar-refractivity contribution in [2.45, 2.75) is 19.3 Å². The predicted octanol–water partition coefficient (Wildman–Crippen LogP) is -0.659.